The van der Waals surface area contributed by atoms with Crippen LogP contribution in [-0.4, -0.2) is 15.0 Å². The molecule has 5 nitrogen and oxygen atoms in total. The molecule has 14 rings (SSSR count). The molecule has 64 heavy (non-hydrogen) atoms. The molecule has 9 aromatic carbocycles. The third kappa shape index (κ3) is 5.45. The molecule has 14 aromatic rings. The van der Waals surface area contributed by atoms with Crippen LogP contribution in [-0.2, 0) is 0 Å². The number of para-hydroxylation sites is 1. The predicted molar refractivity (Wildman–Crippen MR) is 267 cm³/mol. The van der Waals surface area contributed by atoms with E-state index in [1.807, 2.05) is 89.4 Å². The first kappa shape index (κ1) is 35.6. The second-order valence-electron chi connectivity index (χ2n) is 16.2. The average Bonchev–Trinajstić information content (AvgIpc) is 4.13. The zero-order chi connectivity index (χ0) is 41.9. The molecule has 7 heteroatoms. The number of furan rings is 2. The van der Waals surface area contributed by atoms with Gasteiger partial charge in [-0.2, -0.15) is 0 Å². The van der Waals surface area contributed by atoms with Gasteiger partial charge in [-0.05, 0) is 82.9 Å². The van der Waals surface area contributed by atoms with Crippen molar-refractivity contribution in [1.82, 2.24) is 15.0 Å². The number of nitrogens with zero attached hydrogens (tertiary/aromatic N) is 3. The number of fused-ring (bicyclic) bond motifs is 12. The van der Waals surface area contributed by atoms with Crippen molar-refractivity contribution in [2.45, 2.75) is 0 Å². The lowest BCUT2D eigenvalue weighted by Gasteiger charge is -2.14. The highest BCUT2D eigenvalue weighted by atomic mass is 32.1. The average molecular weight is 854 g/mol. The van der Waals surface area contributed by atoms with Crippen LogP contribution in [0.3, 0.4) is 0 Å². The van der Waals surface area contributed by atoms with E-state index < -0.39 is 0 Å². The summed E-state index contributed by atoms with van der Waals surface area (Å²) in [5, 5.41) is 9.20. The highest BCUT2D eigenvalue weighted by Gasteiger charge is 2.22. The lowest BCUT2D eigenvalue weighted by Crippen LogP contribution is -2.00. The quantitative estimate of drug-likeness (QED) is 0.173. The van der Waals surface area contributed by atoms with Gasteiger partial charge in [0.2, 0.25) is 0 Å². The summed E-state index contributed by atoms with van der Waals surface area (Å²) in [6.07, 6.45) is 0. The number of thiophene rings is 2. The molecule has 5 aromatic heterocycles. The number of hydrogen-bond donors (Lipinski definition) is 0. The molecule has 298 valence electrons. The van der Waals surface area contributed by atoms with E-state index in [-0.39, 0.29) is 0 Å². The van der Waals surface area contributed by atoms with Crippen LogP contribution < -0.4 is 0 Å². The molecule has 0 spiro atoms. The normalized spacial score (nSPS) is 12.1. The van der Waals surface area contributed by atoms with Crippen LogP contribution in [0, 0.1) is 0 Å². The first-order valence-electron chi connectivity index (χ1n) is 21.2. The van der Waals surface area contributed by atoms with Crippen molar-refractivity contribution in [2.75, 3.05) is 0 Å². The van der Waals surface area contributed by atoms with E-state index in [1.54, 1.807) is 0 Å². The second-order valence-corrected chi connectivity index (χ2v) is 18.4. The van der Waals surface area contributed by atoms with Gasteiger partial charge in [-0.3, -0.25) is 0 Å². The first-order valence-corrected chi connectivity index (χ1v) is 22.9. The van der Waals surface area contributed by atoms with E-state index in [2.05, 4.69) is 121 Å². The molecular weight excluding hydrogens is 823 g/mol. The maximum Gasteiger partial charge on any atom is 0.164 e. The molecule has 0 saturated heterocycles. The van der Waals surface area contributed by atoms with Gasteiger partial charge in [0.15, 0.2) is 17.5 Å². The Balaban J connectivity index is 0.994. The topological polar surface area (TPSA) is 65.0 Å². The smallest absolute Gasteiger partial charge is 0.164 e. The van der Waals surface area contributed by atoms with E-state index in [1.165, 1.54) is 57.0 Å². The summed E-state index contributed by atoms with van der Waals surface area (Å²) in [5.41, 5.74) is 10.5. The van der Waals surface area contributed by atoms with E-state index in [0.29, 0.717) is 17.5 Å². The van der Waals surface area contributed by atoms with Gasteiger partial charge in [0.1, 0.15) is 22.3 Å². The van der Waals surface area contributed by atoms with Gasteiger partial charge in [0, 0.05) is 78.6 Å². The molecule has 0 amide bonds. The number of rotatable bonds is 5. The molecule has 0 N–H and O–H groups in total. The maximum atomic E-state index is 6.67. The van der Waals surface area contributed by atoms with E-state index >= 15 is 0 Å². The molecule has 0 atom stereocenters. The van der Waals surface area contributed by atoms with Crippen molar-refractivity contribution >= 4 is 107 Å². The zero-order valence-electron chi connectivity index (χ0n) is 33.9. The van der Waals surface area contributed by atoms with Crippen LogP contribution in [0.5, 0.6) is 0 Å². The minimum Gasteiger partial charge on any atom is -0.456 e. The first-order chi connectivity index (χ1) is 31.7. The molecule has 0 radical (unpaired) electrons. The molecule has 5 heterocycles. The third-order valence-electron chi connectivity index (χ3n) is 12.6. The van der Waals surface area contributed by atoms with Crippen molar-refractivity contribution in [3.63, 3.8) is 0 Å². The second kappa shape index (κ2) is 13.8. The Morgan fingerprint density at radius 2 is 0.922 bits per heavy atom. The van der Waals surface area contributed by atoms with Gasteiger partial charge in [-0.15, -0.1) is 22.7 Å². The lowest BCUT2D eigenvalue weighted by atomic mass is 9.89. The fourth-order valence-corrected chi connectivity index (χ4v) is 11.9. The highest BCUT2D eigenvalue weighted by molar-refractivity contribution is 7.26. The van der Waals surface area contributed by atoms with Crippen LogP contribution in [0.1, 0.15) is 0 Å². The minimum atomic E-state index is 0.563. The van der Waals surface area contributed by atoms with Gasteiger partial charge >= 0.3 is 0 Å². The largest absolute Gasteiger partial charge is 0.456 e. The fourth-order valence-electron chi connectivity index (χ4n) is 9.63. The zero-order valence-corrected chi connectivity index (χ0v) is 35.5. The molecule has 0 bridgehead atoms. The Kier molecular flexibility index (Phi) is 7.66. The molecule has 0 fully saturated rings. The predicted octanol–water partition coefficient (Wildman–Crippen LogP) is 16.7. The van der Waals surface area contributed by atoms with Gasteiger partial charge in [0.05, 0.1) is 0 Å². The van der Waals surface area contributed by atoms with Crippen molar-refractivity contribution in [1.29, 1.82) is 0 Å². The van der Waals surface area contributed by atoms with Crippen molar-refractivity contribution in [2.24, 2.45) is 0 Å². The summed E-state index contributed by atoms with van der Waals surface area (Å²) in [6, 6.07) is 66.3. The van der Waals surface area contributed by atoms with Gasteiger partial charge in [-0.1, -0.05) is 127 Å². The number of aromatic nitrogens is 3. The lowest BCUT2D eigenvalue weighted by molar-refractivity contribution is 0.668. The monoisotopic (exact) mass is 853 g/mol. The SMILES string of the molecule is c1ccc(-c2nc(-c3ccc4c(c3)oc3ccccc34)nc(-c3cccc4oc5ccc(-c6c(-c7ccc8c(c7)sc7ccccc78)ccc7sc8ccccc8c67)cc5c34)n2)cc1. The Bertz CT molecular complexity index is 4220. The van der Waals surface area contributed by atoms with Crippen LogP contribution in [0.25, 0.3) is 141 Å². The number of hydrogen-bond acceptors (Lipinski definition) is 7. The highest BCUT2D eigenvalue weighted by Crippen LogP contribution is 2.48. The maximum absolute atomic E-state index is 6.67. The van der Waals surface area contributed by atoms with E-state index in [0.717, 1.165) is 66.1 Å². The van der Waals surface area contributed by atoms with Crippen molar-refractivity contribution < 1.29 is 8.83 Å². The summed E-state index contributed by atoms with van der Waals surface area (Å²) >= 11 is 3.70. The van der Waals surface area contributed by atoms with Crippen LogP contribution in [0.15, 0.2) is 197 Å². The van der Waals surface area contributed by atoms with Crippen LogP contribution in [0.2, 0.25) is 0 Å². The molecular formula is C57H31N3O2S2. The van der Waals surface area contributed by atoms with Crippen molar-refractivity contribution in [3.05, 3.63) is 188 Å². The molecule has 0 aliphatic carbocycles. The minimum absolute atomic E-state index is 0.563. The van der Waals surface area contributed by atoms with Crippen LogP contribution in [0.4, 0.5) is 0 Å². The molecule has 0 aliphatic heterocycles. The summed E-state index contributed by atoms with van der Waals surface area (Å²) in [4.78, 5) is 15.5. The Labute approximate surface area is 373 Å². The van der Waals surface area contributed by atoms with Crippen LogP contribution >= 0.6 is 22.7 Å². The standard InChI is InChI=1S/C57H31N3O2S2/c1-2-11-32(12-3-1)55-58-56(35-22-24-38-37-13-4-7-17-44(37)62-47(38)30-35)60-57(59-55)42-16-10-18-46-53(42)43-29-34(23-27-45(43)61-46)52-36(26-28-50-54(52)41-15-6-9-20-49(41)63-50)33-21-25-40-39-14-5-8-19-48(39)64-51(40)31-33/h1-31H. The summed E-state index contributed by atoms with van der Waals surface area (Å²) in [5.74, 6) is 1.72. The van der Waals surface area contributed by atoms with Crippen molar-refractivity contribution in [3.8, 4) is 56.4 Å². The fraction of sp³-hybridized carbons (Fsp3) is 0. The van der Waals surface area contributed by atoms with Gasteiger partial charge < -0.3 is 8.83 Å². The third-order valence-corrected chi connectivity index (χ3v) is 14.8. The Morgan fingerprint density at radius 3 is 1.81 bits per heavy atom. The molecule has 0 aliphatic rings. The van der Waals surface area contributed by atoms with Gasteiger partial charge in [-0.25, -0.2) is 15.0 Å². The van der Waals surface area contributed by atoms with E-state index in [4.69, 9.17) is 23.8 Å². The summed E-state index contributed by atoms with van der Waals surface area (Å²) in [7, 11) is 0. The number of benzene rings is 9. The Hall–Kier alpha value is -7.97. The molecule has 0 unspecified atom stereocenters. The Morgan fingerprint density at radius 1 is 0.297 bits per heavy atom. The summed E-state index contributed by atoms with van der Waals surface area (Å²) in [6.45, 7) is 0. The van der Waals surface area contributed by atoms with Gasteiger partial charge in [0.25, 0.3) is 0 Å². The van der Waals surface area contributed by atoms with E-state index in [9.17, 15) is 0 Å². The summed E-state index contributed by atoms with van der Waals surface area (Å²) < 4.78 is 18.1. The molecule has 0 saturated carbocycles.